The van der Waals surface area contributed by atoms with Crippen LogP contribution in [0.25, 0.3) is 0 Å². The third-order valence-corrected chi connectivity index (χ3v) is 2.97. The van der Waals surface area contributed by atoms with Gasteiger partial charge in [-0.1, -0.05) is 12.1 Å². The minimum absolute atomic E-state index is 0.0340. The van der Waals surface area contributed by atoms with Crippen molar-refractivity contribution in [1.82, 2.24) is 0 Å². The van der Waals surface area contributed by atoms with E-state index in [1.165, 1.54) is 24.3 Å². The van der Waals surface area contributed by atoms with Gasteiger partial charge in [0.25, 0.3) is 0 Å². The second-order valence-corrected chi connectivity index (χ2v) is 4.27. The molecule has 1 aromatic carbocycles. The van der Waals surface area contributed by atoms with Gasteiger partial charge in [0.15, 0.2) is 6.23 Å². The van der Waals surface area contributed by atoms with Crippen LogP contribution >= 0.6 is 0 Å². The highest BCUT2D eigenvalue weighted by Crippen LogP contribution is 2.23. The maximum absolute atomic E-state index is 10.6. The lowest BCUT2D eigenvalue weighted by Gasteiger charge is -2.18. The van der Waals surface area contributed by atoms with Crippen molar-refractivity contribution in [3.63, 3.8) is 0 Å². The molecule has 1 aromatic rings. The summed E-state index contributed by atoms with van der Waals surface area (Å²) in [7, 11) is 0. The number of aromatic carboxylic acids is 1. The number of hydrogen-bond acceptors (Lipinski definition) is 7. The normalized spacial score (nSPS) is 30.3. The molecule has 1 aliphatic rings. The number of nitrogens with one attached hydrogen (secondary N) is 1. The molecule has 1 saturated heterocycles. The number of rotatable bonds is 4. The average Bonchev–Trinajstić information content (AvgIpc) is 2.67. The summed E-state index contributed by atoms with van der Waals surface area (Å²) in [4.78, 5) is 10.6. The van der Waals surface area contributed by atoms with Gasteiger partial charge >= 0.3 is 0 Å². The maximum Gasteiger partial charge on any atom is 0.157 e. The van der Waals surface area contributed by atoms with Crippen LogP contribution in [0.3, 0.4) is 0 Å². The van der Waals surface area contributed by atoms with Crippen molar-refractivity contribution in [3.05, 3.63) is 29.8 Å². The van der Waals surface area contributed by atoms with Crippen molar-refractivity contribution >= 4 is 11.7 Å². The van der Waals surface area contributed by atoms with Crippen LogP contribution in [0, 0.1) is 0 Å². The quantitative estimate of drug-likeness (QED) is 0.493. The van der Waals surface area contributed by atoms with E-state index in [0.29, 0.717) is 5.69 Å². The maximum atomic E-state index is 10.6. The summed E-state index contributed by atoms with van der Waals surface area (Å²) in [6.45, 7) is -0.403. The number of carboxylic acid groups (broad SMARTS) is 1. The number of aliphatic hydroxyl groups excluding tert-OH is 3. The van der Waals surface area contributed by atoms with E-state index in [1.54, 1.807) is 0 Å². The largest absolute Gasteiger partial charge is 0.545 e. The van der Waals surface area contributed by atoms with Crippen molar-refractivity contribution in [2.75, 3.05) is 11.9 Å². The van der Waals surface area contributed by atoms with Gasteiger partial charge in [-0.05, 0) is 17.7 Å². The van der Waals surface area contributed by atoms with Crippen LogP contribution in [0.4, 0.5) is 5.69 Å². The number of carbonyl (C=O) groups is 1. The first-order valence-corrected chi connectivity index (χ1v) is 5.73. The number of carbonyl (C=O) groups excluding carboxylic acids is 1. The third kappa shape index (κ3) is 2.85. The number of anilines is 1. The molecule has 0 unspecified atom stereocenters. The molecule has 1 heterocycles. The molecule has 4 atom stereocenters. The second kappa shape index (κ2) is 5.54. The fourth-order valence-corrected chi connectivity index (χ4v) is 1.89. The topological polar surface area (TPSA) is 122 Å². The van der Waals surface area contributed by atoms with Crippen molar-refractivity contribution in [2.45, 2.75) is 24.5 Å². The highest BCUT2D eigenvalue weighted by atomic mass is 16.6. The van der Waals surface area contributed by atoms with Gasteiger partial charge < -0.3 is 35.3 Å². The Kier molecular flexibility index (Phi) is 4.01. The van der Waals surface area contributed by atoms with Crippen molar-refractivity contribution in [1.29, 1.82) is 0 Å². The molecule has 7 heteroatoms. The first-order valence-electron chi connectivity index (χ1n) is 5.73. The monoisotopic (exact) mass is 268 g/mol. The number of ether oxygens (including phenoxy) is 1. The lowest BCUT2D eigenvalue weighted by Crippen LogP contribution is -2.36. The van der Waals surface area contributed by atoms with Gasteiger partial charge in [0, 0.05) is 5.69 Å². The minimum atomic E-state index is -1.28. The summed E-state index contributed by atoms with van der Waals surface area (Å²) in [5.74, 6) is -1.28. The summed E-state index contributed by atoms with van der Waals surface area (Å²) in [5, 5.41) is 41.6. The van der Waals surface area contributed by atoms with E-state index in [9.17, 15) is 20.1 Å². The van der Waals surface area contributed by atoms with Crippen molar-refractivity contribution in [3.8, 4) is 0 Å². The molecule has 0 aliphatic carbocycles. The Morgan fingerprint density at radius 2 is 1.89 bits per heavy atom. The van der Waals surface area contributed by atoms with Gasteiger partial charge in [-0.3, -0.25) is 0 Å². The van der Waals surface area contributed by atoms with Crippen LogP contribution in [0.2, 0.25) is 0 Å². The van der Waals surface area contributed by atoms with Crippen LogP contribution < -0.4 is 10.4 Å². The zero-order valence-electron chi connectivity index (χ0n) is 9.89. The molecule has 0 aromatic heterocycles. The molecular weight excluding hydrogens is 254 g/mol. The van der Waals surface area contributed by atoms with E-state index in [0.717, 1.165) is 0 Å². The molecule has 104 valence electrons. The van der Waals surface area contributed by atoms with Gasteiger partial charge in [0.2, 0.25) is 0 Å². The zero-order valence-corrected chi connectivity index (χ0v) is 9.89. The molecule has 0 amide bonds. The van der Waals surface area contributed by atoms with E-state index in [4.69, 9.17) is 9.84 Å². The Labute approximate surface area is 109 Å². The zero-order chi connectivity index (χ0) is 14.0. The Balaban J connectivity index is 2.03. The molecule has 1 aliphatic heterocycles. The van der Waals surface area contributed by atoms with E-state index in [2.05, 4.69) is 5.32 Å². The van der Waals surface area contributed by atoms with Crippen LogP contribution in [-0.4, -0.2) is 52.4 Å². The van der Waals surface area contributed by atoms with Crippen molar-refractivity contribution < 1.29 is 30.0 Å². The summed E-state index contributed by atoms with van der Waals surface area (Å²) >= 11 is 0. The van der Waals surface area contributed by atoms with Gasteiger partial charge in [-0.2, -0.15) is 0 Å². The number of benzene rings is 1. The molecule has 0 saturated carbocycles. The number of carboxylic acids is 1. The summed E-state index contributed by atoms with van der Waals surface area (Å²) in [5.41, 5.74) is 0.548. The van der Waals surface area contributed by atoms with E-state index >= 15 is 0 Å². The first-order chi connectivity index (χ1) is 9.02. The first kappa shape index (κ1) is 13.8. The Bertz CT molecular complexity index is 448. The smallest absolute Gasteiger partial charge is 0.157 e. The van der Waals surface area contributed by atoms with Gasteiger partial charge in [-0.15, -0.1) is 0 Å². The standard InChI is InChI=1S/C12H15NO6/c14-5-8-9(15)10(16)11(19-8)13-7-3-1-6(2-4-7)12(17)18/h1-4,8-11,13-16H,5H2,(H,17,18)/p-1/t8-,9+,10-,11+/m0/s1. The molecule has 4 N–H and O–H groups in total. The Morgan fingerprint density at radius 3 is 2.37 bits per heavy atom. The molecule has 1 fully saturated rings. The van der Waals surface area contributed by atoms with Crippen LogP contribution in [0.15, 0.2) is 24.3 Å². The van der Waals surface area contributed by atoms with Crippen LogP contribution in [0.1, 0.15) is 10.4 Å². The minimum Gasteiger partial charge on any atom is -0.545 e. The van der Waals surface area contributed by atoms with E-state index in [-0.39, 0.29) is 5.56 Å². The molecular formula is C12H14NO6-. The van der Waals surface area contributed by atoms with Gasteiger partial charge in [0.05, 0.1) is 12.6 Å². The SMILES string of the molecule is O=C([O-])c1ccc(N[C@@H]2O[C@@H](CO)[C@@H](O)[C@@H]2O)cc1. The molecule has 0 spiro atoms. The van der Waals surface area contributed by atoms with Crippen LogP contribution in [0.5, 0.6) is 0 Å². The molecule has 19 heavy (non-hydrogen) atoms. The number of hydrogen-bond donors (Lipinski definition) is 4. The fourth-order valence-electron chi connectivity index (χ4n) is 1.89. The van der Waals surface area contributed by atoms with Crippen LogP contribution in [-0.2, 0) is 4.74 Å². The molecule has 7 nitrogen and oxygen atoms in total. The third-order valence-electron chi connectivity index (χ3n) is 2.97. The summed E-state index contributed by atoms with van der Waals surface area (Å²) in [6, 6.07) is 5.66. The van der Waals surface area contributed by atoms with Gasteiger partial charge in [0.1, 0.15) is 18.3 Å². The fraction of sp³-hybridized carbons (Fsp3) is 0.417. The summed E-state index contributed by atoms with van der Waals surface area (Å²) in [6.07, 6.45) is -4.08. The molecule has 0 radical (unpaired) electrons. The lowest BCUT2D eigenvalue weighted by molar-refractivity contribution is -0.255. The van der Waals surface area contributed by atoms with E-state index in [1.807, 2.05) is 0 Å². The number of aliphatic hydroxyl groups is 3. The lowest BCUT2D eigenvalue weighted by atomic mass is 10.1. The highest BCUT2D eigenvalue weighted by molar-refractivity contribution is 5.86. The molecule has 2 rings (SSSR count). The highest BCUT2D eigenvalue weighted by Gasteiger charge is 2.42. The van der Waals surface area contributed by atoms with Crippen molar-refractivity contribution in [2.24, 2.45) is 0 Å². The Hall–Kier alpha value is -1.67. The molecule has 0 bridgehead atoms. The van der Waals surface area contributed by atoms with E-state index < -0.39 is 37.1 Å². The second-order valence-electron chi connectivity index (χ2n) is 4.27. The van der Waals surface area contributed by atoms with Gasteiger partial charge in [-0.25, -0.2) is 0 Å². The predicted molar refractivity (Wildman–Crippen MR) is 62.2 cm³/mol. The summed E-state index contributed by atoms with van der Waals surface area (Å²) < 4.78 is 5.23. The average molecular weight is 268 g/mol. The predicted octanol–water partition coefficient (Wildman–Crippen LogP) is -2.10. The Morgan fingerprint density at radius 1 is 1.26 bits per heavy atom.